The molecule has 0 radical (unpaired) electrons. The standard InChI is InChI=1S/C12H24OSi/c1-8-12(4,14(5,6)7)11(9-13)10(2)3/h10H,8H2,1-7H3. The van der Waals surface area contributed by atoms with Gasteiger partial charge in [-0.25, -0.2) is 4.79 Å². The van der Waals surface area contributed by atoms with Crippen molar-refractivity contribution in [2.75, 3.05) is 0 Å². The molecule has 0 aromatic rings. The molecule has 0 aromatic heterocycles. The Morgan fingerprint density at radius 2 is 1.79 bits per heavy atom. The van der Waals surface area contributed by atoms with E-state index in [2.05, 4.69) is 53.3 Å². The van der Waals surface area contributed by atoms with Gasteiger partial charge in [0.25, 0.3) is 0 Å². The van der Waals surface area contributed by atoms with Crippen LogP contribution in [0.25, 0.3) is 0 Å². The lowest BCUT2D eigenvalue weighted by Crippen LogP contribution is -2.40. The van der Waals surface area contributed by atoms with Crippen molar-refractivity contribution in [3.8, 4) is 0 Å². The minimum Gasteiger partial charge on any atom is -0.234 e. The first-order valence-electron chi connectivity index (χ1n) is 5.46. The number of hydrogen-bond donors (Lipinski definition) is 0. The van der Waals surface area contributed by atoms with Crippen molar-refractivity contribution in [3.05, 3.63) is 5.57 Å². The van der Waals surface area contributed by atoms with Crippen LogP contribution < -0.4 is 0 Å². The molecule has 0 heterocycles. The second kappa shape index (κ2) is 4.46. The van der Waals surface area contributed by atoms with Crippen LogP contribution in [0.3, 0.4) is 0 Å². The summed E-state index contributed by atoms with van der Waals surface area (Å²) in [6.07, 6.45) is 1.05. The summed E-state index contributed by atoms with van der Waals surface area (Å²) in [4.78, 5) is 11.1. The van der Waals surface area contributed by atoms with Gasteiger partial charge in [0.15, 0.2) is 0 Å². The van der Waals surface area contributed by atoms with Crippen LogP contribution in [0.2, 0.25) is 24.7 Å². The van der Waals surface area contributed by atoms with Crippen molar-refractivity contribution in [3.63, 3.8) is 0 Å². The van der Waals surface area contributed by atoms with Gasteiger partial charge in [0, 0.05) is 5.57 Å². The molecule has 1 atom stereocenters. The Morgan fingerprint density at radius 3 is 1.86 bits per heavy atom. The van der Waals surface area contributed by atoms with E-state index in [1.54, 1.807) is 0 Å². The van der Waals surface area contributed by atoms with Crippen molar-refractivity contribution in [2.24, 2.45) is 5.92 Å². The predicted octanol–water partition coefficient (Wildman–Crippen LogP) is 3.91. The Labute approximate surface area is 89.6 Å². The van der Waals surface area contributed by atoms with E-state index in [0.717, 1.165) is 12.0 Å². The molecule has 0 amide bonds. The molecule has 14 heavy (non-hydrogen) atoms. The molecule has 0 saturated heterocycles. The maximum atomic E-state index is 11.1. The van der Waals surface area contributed by atoms with Crippen LogP contribution in [0.4, 0.5) is 0 Å². The zero-order valence-electron chi connectivity index (χ0n) is 10.7. The summed E-state index contributed by atoms with van der Waals surface area (Å²) in [6, 6.07) is 0. The van der Waals surface area contributed by atoms with Gasteiger partial charge in [-0.15, -0.1) is 0 Å². The summed E-state index contributed by atoms with van der Waals surface area (Å²) in [5.41, 5.74) is 0.985. The van der Waals surface area contributed by atoms with Crippen molar-refractivity contribution in [1.82, 2.24) is 0 Å². The van der Waals surface area contributed by atoms with Crippen molar-refractivity contribution >= 4 is 14.0 Å². The van der Waals surface area contributed by atoms with Crippen LogP contribution >= 0.6 is 0 Å². The molecule has 0 spiro atoms. The number of rotatable bonds is 4. The zero-order chi connectivity index (χ0) is 11.6. The third-order valence-electron chi connectivity index (χ3n) is 3.64. The summed E-state index contributed by atoms with van der Waals surface area (Å²) in [7, 11) is -1.36. The third-order valence-corrected chi connectivity index (χ3v) is 7.58. The fraction of sp³-hybridized carbons (Fsp3) is 0.833. The smallest absolute Gasteiger partial charge is 0.124 e. The van der Waals surface area contributed by atoms with Crippen LogP contribution in [0.15, 0.2) is 5.57 Å². The maximum absolute atomic E-state index is 11.1. The molecule has 0 aliphatic rings. The van der Waals surface area contributed by atoms with E-state index in [0.29, 0.717) is 5.92 Å². The molecular formula is C12H24OSi. The van der Waals surface area contributed by atoms with E-state index in [-0.39, 0.29) is 5.04 Å². The first-order chi connectivity index (χ1) is 6.20. The summed E-state index contributed by atoms with van der Waals surface area (Å²) >= 11 is 0. The molecule has 0 N–H and O–H groups in total. The summed E-state index contributed by atoms with van der Waals surface area (Å²) in [5.74, 6) is 2.52. The van der Waals surface area contributed by atoms with Gasteiger partial charge in [-0.2, -0.15) is 0 Å². The summed E-state index contributed by atoms with van der Waals surface area (Å²) in [6.45, 7) is 15.6. The largest absolute Gasteiger partial charge is 0.234 e. The Morgan fingerprint density at radius 1 is 1.36 bits per heavy atom. The van der Waals surface area contributed by atoms with E-state index < -0.39 is 8.07 Å². The number of allylic oxidation sites excluding steroid dienone is 1. The molecule has 0 rings (SSSR count). The first kappa shape index (κ1) is 13.7. The average Bonchev–Trinajstić information content (AvgIpc) is 2.02. The SMILES string of the molecule is CCC(C)(C(=C=O)C(C)C)[Si](C)(C)C. The Hall–Kier alpha value is -0.333. The van der Waals surface area contributed by atoms with Gasteiger partial charge < -0.3 is 0 Å². The van der Waals surface area contributed by atoms with Gasteiger partial charge in [-0.3, -0.25) is 0 Å². The van der Waals surface area contributed by atoms with Crippen LogP contribution in [-0.2, 0) is 4.79 Å². The van der Waals surface area contributed by atoms with Crippen LogP contribution in [0.5, 0.6) is 0 Å². The highest BCUT2D eigenvalue weighted by atomic mass is 28.3. The Kier molecular flexibility index (Phi) is 4.35. The van der Waals surface area contributed by atoms with E-state index >= 15 is 0 Å². The first-order valence-corrected chi connectivity index (χ1v) is 8.96. The van der Waals surface area contributed by atoms with Gasteiger partial charge in [0.05, 0.1) is 8.07 Å². The second-order valence-electron chi connectivity index (χ2n) is 5.61. The highest BCUT2D eigenvalue weighted by molar-refractivity contribution is 6.79. The van der Waals surface area contributed by atoms with Crippen LogP contribution in [0, 0.1) is 5.92 Å². The maximum Gasteiger partial charge on any atom is 0.124 e. The molecule has 0 aromatic carbocycles. The molecular weight excluding hydrogens is 188 g/mol. The second-order valence-corrected chi connectivity index (χ2v) is 11.2. The molecule has 0 fully saturated rings. The van der Waals surface area contributed by atoms with E-state index in [4.69, 9.17) is 0 Å². The molecule has 0 aliphatic heterocycles. The van der Waals surface area contributed by atoms with E-state index in [1.165, 1.54) is 0 Å². The summed E-state index contributed by atoms with van der Waals surface area (Å²) in [5, 5.41) is 0.100. The number of carbonyl (C=O) groups excluding carboxylic acids is 1. The number of hydrogen-bond acceptors (Lipinski definition) is 1. The molecule has 0 saturated carbocycles. The van der Waals surface area contributed by atoms with Gasteiger partial charge in [0.2, 0.25) is 0 Å². The third kappa shape index (κ3) is 2.37. The molecule has 1 nitrogen and oxygen atoms in total. The van der Waals surface area contributed by atoms with Crippen molar-refractivity contribution < 1.29 is 4.79 Å². The minimum atomic E-state index is -1.36. The quantitative estimate of drug-likeness (QED) is 0.510. The van der Waals surface area contributed by atoms with Crippen molar-refractivity contribution in [1.29, 1.82) is 0 Å². The highest BCUT2D eigenvalue weighted by Crippen LogP contribution is 2.49. The van der Waals surface area contributed by atoms with Crippen LogP contribution in [0.1, 0.15) is 34.1 Å². The Bertz CT molecular complexity index is 244. The predicted molar refractivity (Wildman–Crippen MR) is 66.0 cm³/mol. The molecule has 2 heteroatoms. The Balaban J connectivity index is 5.35. The molecule has 0 aliphatic carbocycles. The lowest BCUT2D eigenvalue weighted by Gasteiger charge is -2.42. The molecule has 0 bridgehead atoms. The topological polar surface area (TPSA) is 17.1 Å². The van der Waals surface area contributed by atoms with Crippen LogP contribution in [-0.4, -0.2) is 14.0 Å². The van der Waals surface area contributed by atoms with E-state index in [1.807, 2.05) is 0 Å². The lowest BCUT2D eigenvalue weighted by atomic mass is 9.89. The fourth-order valence-electron chi connectivity index (χ4n) is 1.99. The highest BCUT2D eigenvalue weighted by Gasteiger charge is 2.42. The van der Waals surface area contributed by atoms with Gasteiger partial charge in [-0.05, 0) is 17.4 Å². The minimum absolute atomic E-state index is 0.100. The summed E-state index contributed by atoms with van der Waals surface area (Å²) < 4.78 is 0. The average molecular weight is 212 g/mol. The molecule has 82 valence electrons. The molecule has 1 unspecified atom stereocenters. The van der Waals surface area contributed by atoms with Gasteiger partial charge in [-0.1, -0.05) is 47.3 Å². The fourth-order valence-corrected chi connectivity index (χ4v) is 4.20. The van der Waals surface area contributed by atoms with Gasteiger partial charge >= 0.3 is 0 Å². The lowest BCUT2D eigenvalue weighted by molar-refractivity contribution is 0.536. The van der Waals surface area contributed by atoms with E-state index in [9.17, 15) is 4.79 Å². The van der Waals surface area contributed by atoms with Gasteiger partial charge in [0.1, 0.15) is 5.94 Å². The zero-order valence-corrected chi connectivity index (χ0v) is 11.7. The van der Waals surface area contributed by atoms with Crippen molar-refractivity contribution in [2.45, 2.75) is 58.8 Å². The normalized spacial score (nSPS) is 16.3. The monoisotopic (exact) mass is 212 g/mol.